The molecule has 1 aliphatic carbocycles. The molecule has 1 aromatic rings. The molecule has 0 aliphatic heterocycles. The largest absolute Gasteiger partial charge is 0.396 e. The minimum Gasteiger partial charge on any atom is -0.396 e. The molecule has 2 atom stereocenters. The highest BCUT2D eigenvalue weighted by atomic mass is 32.2. The summed E-state index contributed by atoms with van der Waals surface area (Å²) >= 11 is 1.18. The average molecular weight is 304 g/mol. The summed E-state index contributed by atoms with van der Waals surface area (Å²) in [6.45, 7) is 2.34. The molecule has 0 saturated heterocycles. The van der Waals surface area contributed by atoms with Gasteiger partial charge in [-0.3, -0.25) is 0 Å². The first kappa shape index (κ1) is 14.9. The van der Waals surface area contributed by atoms with Gasteiger partial charge in [0.1, 0.15) is 0 Å². The molecule has 1 aliphatic rings. The first-order valence-electron chi connectivity index (χ1n) is 6.56. The number of nitrogens with one attached hydrogen (secondary N) is 1. The normalized spacial score (nSPS) is 24.5. The van der Waals surface area contributed by atoms with Crippen molar-refractivity contribution < 1.29 is 13.5 Å². The van der Waals surface area contributed by atoms with Crippen LogP contribution >= 0.6 is 11.3 Å². The maximum atomic E-state index is 12.1. The van der Waals surface area contributed by atoms with Crippen LogP contribution in [0, 0.1) is 18.8 Å². The van der Waals surface area contributed by atoms with Gasteiger partial charge < -0.3 is 5.11 Å². The highest BCUT2D eigenvalue weighted by Crippen LogP contribution is 2.29. The molecular formula is C12H20N2O3S2. The summed E-state index contributed by atoms with van der Waals surface area (Å²) in [4.78, 5) is 3.97. The number of rotatable bonds is 5. The lowest BCUT2D eigenvalue weighted by molar-refractivity contribution is 0.136. The summed E-state index contributed by atoms with van der Waals surface area (Å²) in [6, 6.07) is 0. The Morgan fingerprint density at radius 1 is 1.42 bits per heavy atom. The van der Waals surface area contributed by atoms with E-state index >= 15 is 0 Å². The van der Waals surface area contributed by atoms with Gasteiger partial charge in [-0.05, 0) is 31.6 Å². The van der Waals surface area contributed by atoms with E-state index in [1.807, 2.05) is 0 Å². The number of sulfonamides is 1. The van der Waals surface area contributed by atoms with Crippen molar-refractivity contribution in [1.29, 1.82) is 0 Å². The molecule has 5 nitrogen and oxygen atoms in total. The van der Waals surface area contributed by atoms with Crippen LogP contribution in [0.4, 0.5) is 0 Å². The molecule has 2 rings (SSSR count). The van der Waals surface area contributed by atoms with Crippen molar-refractivity contribution in [2.24, 2.45) is 11.8 Å². The van der Waals surface area contributed by atoms with Gasteiger partial charge in [-0.15, -0.1) is 11.3 Å². The molecule has 19 heavy (non-hydrogen) atoms. The number of aromatic nitrogens is 1. The second-order valence-electron chi connectivity index (χ2n) is 5.04. The predicted octanol–water partition coefficient (Wildman–Crippen LogP) is 1.53. The molecule has 108 valence electrons. The summed E-state index contributed by atoms with van der Waals surface area (Å²) in [5.41, 5.74) is 0. The Morgan fingerprint density at radius 2 is 2.11 bits per heavy atom. The van der Waals surface area contributed by atoms with E-state index in [4.69, 9.17) is 0 Å². The number of aryl methyl sites for hydroxylation is 1. The fourth-order valence-corrected chi connectivity index (χ4v) is 4.79. The summed E-state index contributed by atoms with van der Waals surface area (Å²) < 4.78 is 27.1. The SMILES string of the molecule is Cc1ncc(S(=O)(=O)NCC2CCCCC2CO)s1. The van der Waals surface area contributed by atoms with E-state index in [1.54, 1.807) is 6.92 Å². The van der Waals surface area contributed by atoms with Crippen LogP contribution in [-0.2, 0) is 10.0 Å². The van der Waals surface area contributed by atoms with Gasteiger partial charge in [0.25, 0.3) is 10.0 Å². The summed E-state index contributed by atoms with van der Waals surface area (Å²) in [6.07, 6.45) is 5.61. The van der Waals surface area contributed by atoms with Crippen molar-refractivity contribution >= 4 is 21.4 Å². The Balaban J connectivity index is 1.97. The van der Waals surface area contributed by atoms with E-state index < -0.39 is 10.0 Å². The summed E-state index contributed by atoms with van der Waals surface area (Å²) in [7, 11) is -3.45. The number of hydrogen-bond donors (Lipinski definition) is 2. The fraction of sp³-hybridized carbons (Fsp3) is 0.750. The minimum absolute atomic E-state index is 0.145. The first-order chi connectivity index (χ1) is 9.03. The van der Waals surface area contributed by atoms with Gasteiger partial charge in [0.05, 0.1) is 11.2 Å². The molecule has 1 aromatic heterocycles. The lowest BCUT2D eigenvalue weighted by atomic mass is 9.80. The standard InChI is InChI=1S/C12H20N2O3S2/c1-9-13-7-12(18-9)19(16,17)14-6-10-4-2-3-5-11(10)8-15/h7,10-11,14-15H,2-6,8H2,1H3. The molecule has 0 spiro atoms. The minimum atomic E-state index is -3.45. The molecular weight excluding hydrogens is 284 g/mol. The van der Waals surface area contributed by atoms with E-state index in [0.29, 0.717) is 6.54 Å². The van der Waals surface area contributed by atoms with E-state index in [2.05, 4.69) is 9.71 Å². The smallest absolute Gasteiger partial charge is 0.251 e. The molecule has 0 radical (unpaired) electrons. The molecule has 0 aromatic carbocycles. The fourth-order valence-electron chi connectivity index (χ4n) is 2.55. The third-order valence-corrected chi connectivity index (χ3v) is 6.50. The topological polar surface area (TPSA) is 79.3 Å². The van der Waals surface area contributed by atoms with Gasteiger partial charge >= 0.3 is 0 Å². The lowest BCUT2D eigenvalue weighted by Crippen LogP contribution is -2.35. The zero-order valence-corrected chi connectivity index (χ0v) is 12.6. The maximum Gasteiger partial charge on any atom is 0.251 e. The average Bonchev–Trinajstić information content (AvgIpc) is 2.84. The van der Waals surface area contributed by atoms with Crippen molar-refractivity contribution in [3.63, 3.8) is 0 Å². The number of nitrogens with zero attached hydrogens (tertiary/aromatic N) is 1. The van der Waals surface area contributed by atoms with Crippen LogP contribution in [0.1, 0.15) is 30.7 Å². The third kappa shape index (κ3) is 3.75. The van der Waals surface area contributed by atoms with E-state index in [9.17, 15) is 13.5 Å². The zero-order valence-electron chi connectivity index (χ0n) is 11.0. The van der Waals surface area contributed by atoms with Crippen LogP contribution in [0.2, 0.25) is 0 Å². The second-order valence-corrected chi connectivity index (χ2v) is 8.27. The number of aliphatic hydroxyl groups is 1. The highest BCUT2D eigenvalue weighted by molar-refractivity contribution is 7.91. The molecule has 0 amide bonds. The maximum absolute atomic E-state index is 12.1. The first-order valence-corrected chi connectivity index (χ1v) is 8.86. The van der Waals surface area contributed by atoms with Crippen LogP contribution in [0.5, 0.6) is 0 Å². The highest BCUT2D eigenvalue weighted by Gasteiger charge is 2.26. The van der Waals surface area contributed by atoms with Crippen LogP contribution in [0.3, 0.4) is 0 Å². The van der Waals surface area contributed by atoms with Crippen molar-refractivity contribution in [2.45, 2.75) is 36.8 Å². The third-order valence-electron chi connectivity index (χ3n) is 3.70. The monoisotopic (exact) mass is 304 g/mol. The number of thiazole rings is 1. The Bertz CT molecular complexity index is 513. The van der Waals surface area contributed by atoms with Crippen molar-refractivity contribution in [3.05, 3.63) is 11.2 Å². The molecule has 2 N–H and O–H groups in total. The lowest BCUT2D eigenvalue weighted by Gasteiger charge is -2.30. The van der Waals surface area contributed by atoms with Crippen molar-refractivity contribution in [3.8, 4) is 0 Å². The Labute approximate surface area is 118 Å². The van der Waals surface area contributed by atoms with Gasteiger partial charge in [-0.2, -0.15) is 0 Å². The molecule has 1 saturated carbocycles. The van der Waals surface area contributed by atoms with Crippen LogP contribution in [0.25, 0.3) is 0 Å². The summed E-state index contributed by atoms with van der Waals surface area (Å²) in [5, 5.41) is 10.1. The Kier molecular flexibility index (Phi) is 4.94. The molecule has 0 bridgehead atoms. The molecule has 1 fully saturated rings. The molecule has 2 unspecified atom stereocenters. The Morgan fingerprint density at radius 3 is 2.68 bits per heavy atom. The van der Waals surface area contributed by atoms with E-state index in [1.165, 1.54) is 17.5 Å². The van der Waals surface area contributed by atoms with Gasteiger partial charge in [0, 0.05) is 13.2 Å². The number of hydrogen-bond acceptors (Lipinski definition) is 5. The van der Waals surface area contributed by atoms with E-state index in [-0.39, 0.29) is 22.7 Å². The van der Waals surface area contributed by atoms with Gasteiger partial charge in [0.15, 0.2) is 4.21 Å². The van der Waals surface area contributed by atoms with Crippen LogP contribution in [-0.4, -0.2) is 31.7 Å². The quantitative estimate of drug-likeness (QED) is 0.864. The van der Waals surface area contributed by atoms with Crippen LogP contribution in [0.15, 0.2) is 10.4 Å². The predicted molar refractivity (Wildman–Crippen MR) is 74.6 cm³/mol. The second kappa shape index (κ2) is 6.30. The number of aliphatic hydroxyl groups excluding tert-OH is 1. The van der Waals surface area contributed by atoms with Crippen LogP contribution < -0.4 is 4.72 Å². The van der Waals surface area contributed by atoms with Gasteiger partial charge in [0.2, 0.25) is 0 Å². The zero-order chi connectivity index (χ0) is 13.9. The van der Waals surface area contributed by atoms with Gasteiger partial charge in [-0.1, -0.05) is 12.8 Å². The van der Waals surface area contributed by atoms with Crippen molar-refractivity contribution in [1.82, 2.24) is 9.71 Å². The van der Waals surface area contributed by atoms with Crippen molar-refractivity contribution in [2.75, 3.05) is 13.2 Å². The molecule has 7 heteroatoms. The molecule has 1 heterocycles. The van der Waals surface area contributed by atoms with E-state index in [0.717, 1.165) is 30.7 Å². The summed E-state index contributed by atoms with van der Waals surface area (Å²) in [5.74, 6) is 0.460. The Hall–Kier alpha value is -0.500. The van der Waals surface area contributed by atoms with Gasteiger partial charge in [-0.25, -0.2) is 18.1 Å².